The maximum absolute atomic E-state index is 12.7. The zero-order valence-corrected chi connectivity index (χ0v) is 13.9. The standard InChI is InChI=1S/C14H10ClF3O3S2/c1-23(20,21)9-3-5-12(10(15)7-9)22-13-6-8(14(16,17)18)2-4-11(13)19/h2-7,19H,1H3. The number of hydrogen-bond donors (Lipinski definition) is 1. The Bertz CT molecular complexity index is 849. The third-order valence-electron chi connectivity index (χ3n) is 2.84. The molecule has 0 aliphatic carbocycles. The minimum absolute atomic E-state index is 0.000106. The lowest BCUT2D eigenvalue weighted by Gasteiger charge is -2.11. The molecule has 0 aliphatic rings. The normalized spacial score (nSPS) is 12.4. The molecule has 0 bridgehead atoms. The van der Waals surface area contributed by atoms with Crippen molar-refractivity contribution in [2.75, 3.05) is 6.26 Å². The van der Waals surface area contributed by atoms with Crippen LogP contribution in [0.25, 0.3) is 0 Å². The highest BCUT2D eigenvalue weighted by atomic mass is 35.5. The number of aromatic hydroxyl groups is 1. The van der Waals surface area contributed by atoms with E-state index in [0.717, 1.165) is 36.2 Å². The number of phenolic OH excluding ortho intramolecular Hbond substituents is 1. The molecular formula is C14H10ClF3O3S2. The minimum Gasteiger partial charge on any atom is -0.507 e. The van der Waals surface area contributed by atoms with Gasteiger partial charge in [0.25, 0.3) is 0 Å². The van der Waals surface area contributed by atoms with Crippen molar-refractivity contribution in [1.82, 2.24) is 0 Å². The van der Waals surface area contributed by atoms with E-state index in [2.05, 4.69) is 0 Å². The Morgan fingerprint density at radius 2 is 1.74 bits per heavy atom. The topological polar surface area (TPSA) is 54.4 Å². The number of rotatable bonds is 3. The smallest absolute Gasteiger partial charge is 0.416 e. The van der Waals surface area contributed by atoms with Crippen molar-refractivity contribution in [2.45, 2.75) is 20.9 Å². The Morgan fingerprint density at radius 3 is 2.26 bits per heavy atom. The molecule has 0 spiro atoms. The summed E-state index contributed by atoms with van der Waals surface area (Å²) in [6.45, 7) is 0. The second-order valence-corrected chi connectivity index (χ2v) is 8.15. The van der Waals surface area contributed by atoms with Gasteiger partial charge in [0.2, 0.25) is 0 Å². The molecule has 0 saturated heterocycles. The summed E-state index contributed by atoms with van der Waals surface area (Å²) in [6, 6.07) is 6.42. The summed E-state index contributed by atoms with van der Waals surface area (Å²) in [5.74, 6) is -0.328. The van der Waals surface area contributed by atoms with E-state index in [4.69, 9.17) is 11.6 Å². The van der Waals surface area contributed by atoms with E-state index < -0.39 is 21.6 Å². The van der Waals surface area contributed by atoms with Gasteiger partial charge in [0.1, 0.15) is 5.75 Å². The van der Waals surface area contributed by atoms with Crippen molar-refractivity contribution >= 4 is 33.2 Å². The first-order valence-electron chi connectivity index (χ1n) is 6.06. The summed E-state index contributed by atoms with van der Waals surface area (Å²) < 4.78 is 61.0. The van der Waals surface area contributed by atoms with Gasteiger partial charge in [0.15, 0.2) is 9.84 Å². The summed E-state index contributed by atoms with van der Waals surface area (Å²) in [7, 11) is -3.44. The van der Waals surface area contributed by atoms with Gasteiger partial charge in [-0.3, -0.25) is 0 Å². The van der Waals surface area contributed by atoms with Gasteiger partial charge < -0.3 is 5.11 Å². The second kappa shape index (κ2) is 6.26. The van der Waals surface area contributed by atoms with Crippen LogP contribution in [0.1, 0.15) is 5.56 Å². The number of alkyl halides is 3. The van der Waals surface area contributed by atoms with Crippen LogP contribution in [-0.2, 0) is 16.0 Å². The monoisotopic (exact) mass is 382 g/mol. The van der Waals surface area contributed by atoms with Crippen LogP contribution in [0.15, 0.2) is 51.1 Å². The van der Waals surface area contributed by atoms with Gasteiger partial charge in [-0.15, -0.1) is 0 Å². The molecule has 0 radical (unpaired) electrons. The third kappa shape index (κ3) is 4.33. The van der Waals surface area contributed by atoms with E-state index in [9.17, 15) is 26.7 Å². The molecule has 9 heteroatoms. The van der Waals surface area contributed by atoms with Gasteiger partial charge >= 0.3 is 6.18 Å². The van der Waals surface area contributed by atoms with Gasteiger partial charge in [-0.1, -0.05) is 23.4 Å². The molecule has 0 fully saturated rings. The van der Waals surface area contributed by atoms with Crippen molar-refractivity contribution in [2.24, 2.45) is 0 Å². The van der Waals surface area contributed by atoms with E-state index in [0.29, 0.717) is 4.90 Å². The summed E-state index contributed by atoms with van der Waals surface area (Å²) in [6.07, 6.45) is -3.52. The Kier molecular flexibility index (Phi) is 4.89. The van der Waals surface area contributed by atoms with Crippen LogP contribution in [0.5, 0.6) is 5.75 Å². The van der Waals surface area contributed by atoms with E-state index in [1.165, 1.54) is 18.2 Å². The molecule has 0 saturated carbocycles. The Balaban J connectivity index is 2.40. The first-order chi connectivity index (χ1) is 10.5. The van der Waals surface area contributed by atoms with Gasteiger partial charge in [-0.05, 0) is 36.4 Å². The fourth-order valence-electron chi connectivity index (χ4n) is 1.69. The summed E-state index contributed by atoms with van der Waals surface area (Å²) in [5.41, 5.74) is -0.901. The first kappa shape index (κ1) is 18.0. The lowest BCUT2D eigenvalue weighted by atomic mass is 10.2. The summed E-state index contributed by atoms with van der Waals surface area (Å²) in [5, 5.41) is 9.77. The van der Waals surface area contributed by atoms with Crippen LogP contribution in [0.4, 0.5) is 13.2 Å². The van der Waals surface area contributed by atoms with E-state index in [1.54, 1.807) is 0 Å². The predicted octanol–water partition coefficient (Wildman–Crippen LogP) is 4.62. The fraction of sp³-hybridized carbons (Fsp3) is 0.143. The van der Waals surface area contributed by atoms with Crippen molar-refractivity contribution in [3.05, 3.63) is 47.0 Å². The Labute approximate surface area is 140 Å². The molecule has 0 unspecified atom stereocenters. The number of benzene rings is 2. The molecule has 0 atom stereocenters. The molecule has 0 amide bonds. The molecule has 0 aliphatic heterocycles. The average Bonchev–Trinajstić information content (AvgIpc) is 2.40. The van der Waals surface area contributed by atoms with Crippen LogP contribution in [0, 0.1) is 0 Å². The molecule has 2 aromatic carbocycles. The van der Waals surface area contributed by atoms with Gasteiger partial charge in [-0.25, -0.2) is 8.42 Å². The van der Waals surface area contributed by atoms with Crippen LogP contribution >= 0.6 is 23.4 Å². The number of halogens is 4. The number of sulfone groups is 1. The summed E-state index contributed by atoms with van der Waals surface area (Å²) in [4.78, 5) is 0.294. The lowest BCUT2D eigenvalue weighted by Crippen LogP contribution is -2.04. The number of hydrogen-bond acceptors (Lipinski definition) is 4. The highest BCUT2D eigenvalue weighted by Crippen LogP contribution is 2.41. The molecular weight excluding hydrogens is 373 g/mol. The van der Waals surface area contributed by atoms with Crippen molar-refractivity contribution in [1.29, 1.82) is 0 Å². The molecule has 124 valence electrons. The van der Waals surface area contributed by atoms with Crippen LogP contribution in [-0.4, -0.2) is 19.8 Å². The Hall–Kier alpha value is -1.38. The lowest BCUT2D eigenvalue weighted by molar-refractivity contribution is -0.137. The molecule has 0 aromatic heterocycles. The van der Waals surface area contributed by atoms with Crippen LogP contribution in [0.3, 0.4) is 0 Å². The van der Waals surface area contributed by atoms with Gasteiger partial charge in [-0.2, -0.15) is 13.2 Å². The zero-order valence-electron chi connectivity index (χ0n) is 11.6. The van der Waals surface area contributed by atoms with Crippen molar-refractivity contribution < 1.29 is 26.7 Å². The highest BCUT2D eigenvalue weighted by Gasteiger charge is 2.31. The van der Waals surface area contributed by atoms with E-state index in [-0.39, 0.29) is 20.6 Å². The third-order valence-corrected chi connectivity index (χ3v) is 5.50. The SMILES string of the molecule is CS(=O)(=O)c1ccc(Sc2cc(C(F)(F)F)ccc2O)c(Cl)c1. The van der Waals surface area contributed by atoms with Gasteiger partial charge in [0.05, 0.1) is 20.4 Å². The predicted molar refractivity (Wildman–Crippen MR) is 81.8 cm³/mol. The van der Waals surface area contributed by atoms with E-state index >= 15 is 0 Å². The highest BCUT2D eigenvalue weighted by molar-refractivity contribution is 7.99. The quantitative estimate of drug-likeness (QED) is 0.841. The Morgan fingerprint density at radius 1 is 1.09 bits per heavy atom. The maximum Gasteiger partial charge on any atom is 0.416 e. The molecule has 2 rings (SSSR count). The van der Waals surface area contributed by atoms with Crippen molar-refractivity contribution in [3.8, 4) is 5.75 Å². The maximum atomic E-state index is 12.7. The molecule has 1 N–H and O–H groups in total. The second-order valence-electron chi connectivity index (χ2n) is 4.65. The summed E-state index contributed by atoms with van der Waals surface area (Å²) >= 11 is 6.79. The number of phenols is 1. The van der Waals surface area contributed by atoms with Crippen LogP contribution < -0.4 is 0 Å². The van der Waals surface area contributed by atoms with Crippen molar-refractivity contribution in [3.63, 3.8) is 0 Å². The molecule has 2 aromatic rings. The first-order valence-corrected chi connectivity index (χ1v) is 9.15. The molecule has 23 heavy (non-hydrogen) atoms. The van der Waals surface area contributed by atoms with E-state index in [1.807, 2.05) is 0 Å². The fourth-order valence-corrected chi connectivity index (χ4v) is 3.58. The van der Waals surface area contributed by atoms with Crippen LogP contribution in [0.2, 0.25) is 5.02 Å². The minimum atomic E-state index is -4.53. The van der Waals surface area contributed by atoms with Gasteiger partial charge in [0, 0.05) is 11.2 Å². The zero-order chi connectivity index (χ0) is 17.4. The molecule has 0 heterocycles. The molecule has 3 nitrogen and oxygen atoms in total. The largest absolute Gasteiger partial charge is 0.507 e. The average molecular weight is 383 g/mol.